The molecule has 16 nitrogen and oxygen atoms in total. The Kier molecular flexibility index (Phi) is 17.1. The van der Waals surface area contributed by atoms with Crippen LogP contribution in [0, 0.1) is 34.5 Å². The van der Waals surface area contributed by atoms with Gasteiger partial charge >= 0.3 is 11.9 Å². The monoisotopic (exact) mass is 928 g/mol. The highest BCUT2D eigenvalue weighted by Crippen LogP contribution is 2.45. The molecule has 2 aromatic rings. The maximum absolute atomic E-state index is 14.4. The fraction of sp³-hybridized carbons (Fsp3) is 0.608. The molecule has 6 amide bonds. The van der Waals surface area contributed by atoms with Crippen LogP contribution in [0.15, 0.2) is 48.5 Å². The average Bonchev–Trinajstić information content (AvgIpc) is 3.70. The van der Waals surface area contributed by atoms with Crippen molar-refractivity contribution in [1.29, 1.82) is 0 Å². The van der Waals surface area contributed by atoms with Gasteiger partial charge in [0, 0.05) is 44.9 Å². The van der Waals surface area contributed by atoms with Crippen molar-refractivity contribution in [1.82, 2.24) is 9.80 Å². The molecule has 0 radical (unpaired) electrons. The van der Waals surface area contributed by atoms with E-state index in [-0.39, 0.29) is 55.5 Å². The molecular formula is C51H68N4O12. The SMILES string of the molecule is CC1C(=O)N(c2ccc(Cc3ccc(N4C(=O)C(CCC(=O)N5CCOCC5)C(C(C)(C)C(=O)OCCCCCCOC(=O)C(C)(C)C)C4=O)cc3)cc2)C(=O)C1CCC(=O)N1CCOCC1. The van der Waals surface area contributed by atoms with Crippen LogP contribution in [0.4, 0.5) is 11.4 Å². The standard InChI is InChI=1S/C51H68N4O12/c1-34-39(19-21-41(56)52-23-29-64-30-24-52)45(59)54(44(34)58)37-15-11-35(12-16-37)33-36-13-17-38(18-14-36)55-46(60)40(20-22-42(57)53-25-31-65-32-26-53)43(47(55)61)51(5,6)49(63)67-28-10-8-7-9-27-66-48(62)50(2,3)4/h11-18,34,39-40,43H,7-10,19-33H2,1-6H3. The maximum Gasteiger partial charge on any atom is 0.312 e. The van der Waals surface area contributed by atoms with E-state index in [4.69, 9.17) is 18.9 Å². The van der Waals surface area contributed by atoms with Gasteiger partial charge in [0.25, 0.3) is 0 Å². The number of morpholine rings is 2. The van der Waals surface area contributed by atoms with Crippen LogP contribution >= 0.6 is 0 Å². The molecule has 67 heavy (non-hydrogen) atoms. The van der Waals surface area contributed by atoms with Gasteiger partial charge in [-0.3, -0.25) is 48.2 Å². The predicted molar refractivity (Wildman–Crippen MR) is 247 cm³/mol. The zero-order valence-electron chi connectivity index (χ0n) is 40.1. The van der Waals surface area contributed by atoms with Crippen LogP contribution in [-0.4, -0.2) is 123 Å². The third-order valence-corrected chi connectivity index (χ3v) is 13.5. The number of hydrogen-bond acceptors (Lipinski definition) is 12. The Bertz CT molecular complexity index is 2120. The Labute approximate surface area is 393 Å². The minimum atomic E-state index is -1.40. The second-order valence-electron chi connectivity index (χ2n) is 19.7. The molecular weight excluding hydrogens is 861 g/mol. The summed E-state index contributed by atoms with van der Waals surface area (Å²) < 4.78 is 21.8. The van der Waals surface area contributed by atoms with Gasteiger partial charge in [-0.05, 0) is 115 Å². The molecule has 0 bridgehead atoms. The smallest absolute Gasteiger partial charge is 0.312 e. The number of esters is 2. The Morgan fingerprint density at radius 2 is 0.985 bits per heavy atom. The Balaban J connectivity index is 1.07. The fourth-order valence-corrected chi connectivity index (χ4v) is 9.25. The lowest BCUT2D eigenvalue weighted by Gasteiger charge is -2.31. The quantitative estimate of drug-likeness (QED) is 0.0980. The third kappa shape index (κ3) is 12.4. The summed E-state index contributed by atoms with van der Waals surface area (Å²) in [7, 11) is 0. The maximum atomic E-state index is 14.4. The predicted octanol–water partition coefficient (Wildman–Crippen LogP) is 5.51. The second-order valence-corrected chi connectivity index (χ2v) is 19.7. The van der Waals surface area contributed by atoms with Gasteiger partial charge in [0.05, 0.1) is 79.6 Å². The number of hydrogen-bond donors (Lipinski definition) is 0. The number of amides is 6. The molecule has 0 N–H and O–H groups in total. The first-order valence-electron chi connectivity index (χ1n) is 23.9. The summed E-state index contributed by atoms with van der Waals surface area (Å²) in [5.41, 5.74) is 0.626. The van der Waals surface area contributed by atoms with Crippen molar-refractivity contribution in [3.05, 3.63) is 59.7 Å². The van der Waals surface area contributed by atoms with E-state index in [9.17, 15) is 38.4 Å². The number of benzene rings is 2. The molecule has 4 atom stereocenters. The molecule has 4 aliphatic heterocycles. The third-order valence-electron chi connectivity index (χ3n) is 13.5. The number of carbonyl (C=O) groups is 8. The summed E-state index contributed by atoms with van der Waals surface area (Å²) in [6.07, 6.45) is 3.84. The number of ether oxygens (including phenoxy) is 4. The van der Waals surface area contributed by atoms with Crippen LogP contribution in [0.25, 0.3) is 0 Å². The van der Waals surface area contributed by atoms with E-state index in [2.05, 4.69) is 0 Å². The van der Waals surface area contributed by atoms with Crippen LogP contribution in [-0.2, 0) is 63.7 Å². The highest BCUT2D eigenvalue weighted by molar-refractivity contribution is 6.23. The number of imide groups is 2. The van der Waals surface area contributed by atoms with Gasteiger partial charge in [-0.1, -0.05) is 31.2 Å². The van der Waals surface area contributed by atoms with Crippen LogP contribution < -0.4 is 9.80 Å². The molecule has 364 valence electrons. The summed E-state index contributed by atoms with van der Waals surface area (Å²) in [4.78, 5) is 113. The van der Waals surface area contributed by atoms with E-state index < -0.39 is 52.3 Å². The molecule has 0 spiro atoms. The van der Waals surface area contributed by atoms with Gasteiger partial charge in [-0.25, -0.2) is 0 Å². The van der Waals surface area contributed by atoms with Crippen molar-refractivity contribution < 1.29 is 57.3 Å². The summed E-state index contributed by atoms with van der Waals surface area (Å²) in [5.74, 6) is -5.81. The molecule has 16 heteroatoms. The van der Waals surface area contributed by atoms with Crippen LogP contribution in [0.5, 0.6) is 0 Å². The van der Waals surface area contributed by atoms with Crippen molar-refractivity contribution in [2.45, 2.75) is 99.3 Å². The van der Waals surface area contributed by atoms with Gasteiger partial charge in [0.1, 0.15) is 0 Å². The molecule has 0 aliphatic carbocycles. The molecule has 4 heterocycles. The van der Waals surface area contributed by atoms with Crippen LogP contribution in [0.2, 0.25) is 0 Å². The number of unbranched alkanes of at least 4 members (excludes halogenated alkanes) is 3. The number of rotatable bonds is 19. The van der Waals surface area contributed by atoms with E-state index in [1.807, 2.05) is 24.3 Å². The lowest BCUT2D eigenvalue weighted by molar-refractivity contribution is -0.160. The van der Waals surface area contributed by atoms with Gasteiger partial charge in [0.15, 0.2) is 0 Å². The van der Waals surface area contributed by atoms with E-state index in [0.29, 0.717) is 96.3 Å². The summed E-state index contributed by atoms with van der Waals surface area (Å²) in [6, 6.07) is 14.2. The van der Waals surface area contributed by atoms with Crippen LogP contribution in [0.1, 0.15) is 104 Å². The molecule has 0 saturated carbocycles. The minimum Gasteiger partial charge on any atom is -0.465 e. The molecule has 4 unspecified atom stereocenters. The van der Waals surface area contributed by atoms with E-state index in [0.717, 1.165) is 28.9 Å². The molecule has 4 saturated heterocycles. The molecule has 2 aromatic carbocycles. The average molecular weight is 929 g/mol. The lowest BCUT2D eigenvalue weighted by Crippen LogP contribution is -2.43. The Morgan fingerprint density at radius 3 is 1.45 bits per heavy atom. The van der Waals surface area contributed by atoms with E-state index in [1.54, 1.807) is 75.6 Å². The van der Waals surface area contributed by atoms with E-state index >= 15 is 0 Å². The lowest BCUT2D eigenvalue weighted by atomic mass is 9.71. The summed E-state index contributed by atoms with van der Waals surface area (Å²) >= 11 is 0. The number of nitrogens with zero attached hydrogens (tertiary/aromatic N) is 4. The van der Waals surface area contributed by atoms with Gasteiger partial charge in [-0.15, -0.1) is 0 Å². The topological polar surface area (TPSA) is 186 Å². The van der Waals surface area contributed by atoms with E-state index in [1.165, 1.54) is 4.90 Å². The van der Waals surface area contributed by atoms with Crippen molar-refractivity contribution >= 4 is 58.8 Å². The van der Waals surface area contributed by atoms with Crippen molar-refractivity contribution in [3.8, 4) is 0 Å². The molecule has 4 aliphatic rings. The second kappa shape index (κ2) is 22.5. The van der Waals surface area contributed by atoms with Crippen molar-refractivity contribution in [2.24, 2.45) is 34.5 Å². The summed E-state index contributed by atoms with van der Waals surface area (Å²) in [6.45, 7) is 14.6. The molecule has 6 rings (SSSR count). The minimum absolute atomic E-state index is 0.0258. The normalized spacial score (nSPS) is 21.6. The van der Waals surface area contributed by atoms with Gasteiger partial charge in [-0.2, -0.15) is 0 Å². The fourth-order valence-electron chi connectivity index (χ4n) is 9.25. The first-order valence-corrected chi connectivity index (χ1v) is 23.9. The van der Waals surface area contributed by atoms with Crippen LogP contribution in [0.3, 0.4) is 0 Å². The van der Waals surface area contributed by atoms with Gasteiger partial charge < -0.3 is 28.7 Å². The van der Waals surface area contributed by atoms with Gasteiger partial charge in [0.2, 0.25) is 35.4 Å². The Morgan fingerprint density at radius 1 is 0.567 bits per heavy atom. The molecule has 4 fully saturated rings. The largest absolute Gasteiger partial charge is 0.465 e. The van der Waals surface area contributed by atoms with Crippen molar-refractivity contribution in [2.75, 3.05) is 75.6 Å². The zero-order valence-corrected chi connectivity index (χ0v) is 40.1. The Hall–Kier alpha value is -5.48. The highest BCUT2D eigenvalue weighted by Gasteiger charge is 2.57. The highest BCUT2D eigenvalue weighted by atomic mass is 16.5. The first-order chi connectivity index (χ1) is 31.9. The molecule has 0 aromatic heterocycles. The zero-order chi connectivity index (χ0) is 48.5. The van der Waals surface area contributed by atoms with Crippen molar-refractivity contribution in [3.63, 3.8) is 0 Å². The number of anilines is 2. The first kappa shape index (κ1) is 50.9. The summed E-state index contributed by atoms with van der Waals surface area (Å²) in [5, 5.41) is 0. The number of carbonyl (C=O) groups excluding carboxylic acids is 8.